The van der Waals surface area contributed by atoms with E-state index < -0.39 is 0 Å². The van der Waals surface area contributed by atoms with Gasteiger partial charge in [0.25, 0.3) is 5.91 Å². The lowest BCUT2D eigenvalue weighted by Crippen LogP contribution is -2.36. The quantitative estimate of drug-likeness (QED) is 0.726. The van der Waals surface area contributed by atoms with Gasteiger partial charge in [0.05, 0.1) is 13.2 Å². The molecule has 2 N–H and O–H groups in total. The van der Waals surface area contributed by atoms with Gasteiger partial charge in [-0.15, -0.1) is 0 Å². The van der Waals surface area contributed by atoms with Gasteiger partial charge >= 0.3 is 0 Å². The number of carbonyl (C=O) groups excluding carboxylic acids is 1. The lowest BCUT2D eigenvalue weighted by molar-refractivity contribution is 0.0651. The van der Waals surface area contributed by atoms with Gasteiger partial charge in [-0.1, -0.05) is 6.07 Å². The second-order valence-corrected chi connectivity index (χ2v) is 3.67. The van der Waals surface area contributed by atoms with Crippen LogP contribution < -0.4 is 5.32 Å². The molecule has 1 aromatic rings. The van der Waals surface area contributed by atoms with E-state index in [9.17, 15) is 4.79 Å². The smallest absolute Gasteiger partial charge is 0.272 e. The van der Waals surface area contributed by atoms with Crippen LogP contribution in [0, 0.1) is 0 Å². The van der Waals surface area contributed by atoms with Gasteiger partial charge < -0.3 is 20.1 Å². The minimum absolute atomic E-state index is 0.0822. The summed E-state index contributed by atoms with van der Waals surface area (Å²) in [5.41, 5.74) is 0.353. The maximum Gasteiger partial charge on any atom is 0.272 e. The van der Waals surface area contributed by atoms with Crippen molar-refractivity contribution in [2.45, 2.75) is 0 Å². The van der Waals surface area contributed by atoms with Crippen molar-refractivity contribution in [1.82, 2.24) is 9.88 Å². The molecular formula is C12H19N3O3. The van der Waals surface area contributed by atoms with Gasteiger partial charge in [0, 0.05) is 27.2 Å². The van der Waals surface area contributed by atoms with Gasteiger partial charge in [0.1, 0.15) is 11.5 Å². The largest absolute Gasteiger partial charge is 0.395 e. The highest BCUT2D eigenvalue weighted by atomic mass is 16.5. The first-order chi connectivity index (χ1) is 8.72. The van der Waals surface area contributed by atoms with Crippen LogP contribution in [0.5, 0.6) is 0 Å². The number of hydrogen-bond donors (Lipinski definition) is 2. The number of aliphatic hydroxyl groups excluding tert-OH is 1. The first kappa shape index (κ1) is 14.4. The number of amides is 1. The van der Waals surface area contributed by atoms with E-state index in [1.165, 1.54) is 4.90 Å². The van der Waals surface area contributed by atoms with Crippen LogP contribution in [0.4, 0.5) is 5.82 Å². The van der Waals surface area contributed by atoms with Crippen LogP contribution in [0.15, 0.2) is 18.2 Å². The van der Waals surface area contributed by atoms with Crippen molar-refractivity contribution in [1.29, 1.82) is 0 Å². The van der Waals surface area contributed by atoms with Crippen molar-refractivity contribution in [3.05, 3.63) is 23.9 Å². The first-order valence-electron chi connectivity index (χ1n) is 5.76. The van der Waals surface area contributed by atoms with Crippen LogP contribution in [0.2, 0.25) is 0 Å². The Morgan fingerprint density at radius 2 is 2.28 bits per heavy atom. The zero-order chi connectivity index (χ0) is 13.4. The Hall–Kier alpha value is -1.66. The highest BCUT2D eigenvalue weighted by molar-refractivity contribution is 5.92. The molecule has 0 bridgehead atoms. The molecule has 100 valence electrons. The van der Waals surface area contributed by atoms with Crippen LogP contribution in [0.1, 0.15) is 10.5 Å². The molecule has 0 aromatic carbocycles. The summed E-state index contributed by atoms with van der Waals surface area (Å²) >= 11 is 0. The predicted octanol–water partition coefficient (Wildman–Crippen LogP) is 0.204. The predicted molar refractivity (Wildman–Crippen MR) is 68.6 cm³/mol. The molecule has 1 heterocycles. The fraction of sp³-hybridized carbons (Fsp3) is 0.500. The van der Waals surface area contributed by atoms with Gasteiger partial charge in [-0.25, -0.2) is 4.98 Å². The lowest BCUT2D eigenvalue weighted by atomic mass is 10.3. The summed E-state index contributed by atoms with van der Waals surface area (Å²) in [5, 5.41) is 11.8. The van der Waals surface area contributed by atoms with E-state index >= 15 is 0 Å². The van der Waals surface area contributed by atoms with E-state index in [1.807, 2.05) is 0 Å². The van der Waals surface area contributed by atoms with Crippen molar-refractivity contribution in [2.24, 2.45) is 0 Å². The molecule has 0 saturated carbocycles. The van der Waals surface area contributed by atoms with Gasteiger partial charge in [-0.3, -0.25) is 4.79 Å². The van der Waals surface area contributed by atoms with E-state index in [0.29, 0.717) is 24.7 Å². The zero-order valence-corrected chi connectivity index (χ0v) is 10.7. The summed E-state index contributed by atoms with van der Waals surface area (Å²) in [6.45, 7) is 1.05. The molecule has 0 aliphatic heterocycles. The topological polar surface area (TPSA) is 74.7 Å². The van der Waals surface area contributed by atoms with Crippen LogP contribution >= 0.6 is 0 Å². The molecule has 6 heteroatoms. The standard InChI is InChI=1S/C12H19N3O3/c1-13-11-5-3-4-10(14-11)12(17)15(6-8-16)7-9-18-2/h3-5,16H,6-9H2,1-2H3,(H,13,14). The highest BCUT2D eigenvalue weighted by Gasteiger charge is 2.16. The van der Waals surface area contributed by atoms with Crippen LogP contribution in [0.3, 0.4) is 0 Å². The van der Waals surface area contributed by atoms with E-state index in [4.69, 9.17) is 9.84 Å². The fourth-order valence-electron chi connectivity index (χ4n) is 1.49. The average molecular weight is 253 g/mol. The number of aromatic nitrogens is 1. The van der Waals surface area contributed by atoms with Gasteiger partial charge in [0.15, 0.2) is 0 Å². The molecule has 6 nitrogen and oxygen atoms in total. The van der Waals surface area contributed by atoms with E-state index in [0.717, 1.165) is 0 Å². The molecule has 1 aromatic heterocycles. The fourth-order valence-corrected chi connectivity index (χ4v) is 1.49. The molecule has 18 heavy (non-hydrogen) atoms. The zero-order valence-electron chi connectivity index (χ0n) is 10.7. The molecule has 0 atom stereocenters. The first-order valence-corrected chi connectivity index (χ1v) is 5.76. The lowest BCUT2D eigenvalue weighted by Gasteiger charge is -2.21. The Morgan fingerprint density at radius 3 is 2.89 bits per heavy atom. The Bertz CT molecular complexity index is 385. The van der Waals surface area contributed by atoms with E-state index in [1.54, 1.807) is 32.4 Å². The van der Waals surface area contributed by atoms with Crippen molar-refractivity contribution in [2.75, 3.05) is 45.8 Å². The molecule has 0 spiro atoms. The monoisotopic (exact) mass is 253 g/mol. The molecular weight excluding hydrogens is 234 g/mol. The third kappa shape index (κ3) is 3.97. The Balaban J connectivity index is 2.79. The van der Waals surface area contributed by atoms with Gasteiger partial charge in [0.2, 0.25) is 0 Å². The number of rotatable bonds is 7. The highest BCUT2D eigenvalue weighted by Crippen LogP contribution is 2.07. The minimum Gasteiger partial charge on any atom is -0.395 e. The number of carbonyl (C=O) groups is 1. The summed E-state index contributed by atoms with van der Waals surface area (Å²) in [6, 6.07) is 5.20. The van der Waals surface area contributed by atoms with Crippen LogP contribution in [0.25, 0.3) is 0 Å². The summed E-state index contributed by atoms with van der Waals surface area (Å²) in [4.78, 5) is 17.9. The number of methoxy groups -OCH3 is 1. The Morgan fingerprint density at radius 1 is 1.50 bits per heavy atom. The number of nitrogens with zero attached hydrogens (tertiary/aromatic N) is 2. The van der Waals surface area contributed by atoms with Crippen LogP contribution in [-0.2, 0) is 4.74 Å². The molecule has 0 saturated heterocycles. The van der Waals surface area contributed by atoms with Gasteiger partial charge in [-0.2, -0.15) is 0 Å². The number of aliphatic hydroxyl groups is 1. The van der Waals surface area contributed by atoms with Crippen LogP contribution in [-0.4, -0.2) is 61.4 Å². The summed E-state index contributed by atoms with van der Waals surface area (Å²) in [7, 11) is 3.31. The molecule has 0 aliphatic carbocycles. The molecule has 1 rings (SSSR count). The number of pyridine rings is 1. The third-order valence-electron chi connectivity index (χ3n) is 2.45. The second-order valence-electron chi connectivity index (χ2n) is 3.67. The number of ether oxygens (including phenoxy) is 1. The molecule has 0 aliphatic rings. The Kier molecular flexibility index (Phi) is 6.10. The third-order valence-corrected chi connectivity index (χ3v) is 2.45. The van der Waals surface area contributed by atoms with Crippen molar-refractivity contribution in [3.8, 4) is 0 Å². The molecule has 0 unspecified atom stereocenters. The normalized spacial score (nSPS) is 10.2. The van der Waals surface area contributed by atoms with E-state index in [-0.39, 0.29) is 19.1 Å². The van der Waals surface area contributed by atoms with E-state index in [2.05, 4.69) is 10.3 Å². The van der Waals surface area contributed by atoms with Crippen molar-refractivity contribution in [3.63, 3.8) is 0 Å². The molecule has 0 fully saturated rings. The van der Waals surface area contributed by atoms with Gasteiger partial charge in [-0.05, 0) is 12.1 Å². The summed E-state index contributed by atoms with van der Waals surface area (Å²) < 4.78 is 4.94. The number of nitrogens with one attached hydrogen (secondary N) is 1. The average Bonchev–Trinajstić information content (AvgIpc) is 2.42. The van der Waals surface area contributed by atoms with Crippen molar-refractivity contribution >= 4 is 11.7 Å². The second kappa shape index (κ2) is 7.62. The Labute approximate surface area is 107 Å². The number of hydrogen-bond acceptors (Lipinski definition) is 5. The molecule has 0 radical (unpaired) electrons. The summed E-state index contributed by atoms with van der Waals surface area (Å²) in [6.07, 6.45) is 0. The SMILES string of the molecule is CNc1cccc(C(=O)N(CCO)CCOC)n1. The summed E-state index contributed by atoms with van der Waals surface area (Å²) in [5.74, 6) is 0.426. The molecule has 1 amide bonds. The minimum atomic E-state index is -0.210. The maximum absolute atomic E-state index is 12.2. The van der Waals surface area contributed by atoms with Crippen molar-refractivity contribution < 1.29 is 14.6 Å². The number of anilines is 1. The maximum atomic E-state index is 12.2.